The molecule has 0 unspecified atom stereocenters. The number of hydrogen-bond acceptors (Lipinski definition) is 3. The lowest BCUT2D eigenvalue weighted by Crippen LogP contribution is -2.29. The molecule has 2 aromatic rings. The quantitative estimate of drug-likeness (QED) is 0.899. The molecule has 96 valence electrons. The highest BCUT2D eigenvalue weighted by Crippen LogP contribution is 2.22. The molecular formula is C14H18N2OS. The van der Waals surface area contributed by atoms with E-state index in [9.17, 15) is 4.79 Å². The predicted octanol–water partition coefficient (Wildman–Crippen LogP) is 3.14. The predicted molar refractivity (Wildman–Crippen MR) is 75.8 cm³/mol. The standard InChI is InChI=1S/C14H18N2OS/c1-10(2)15-13(17)8-5-9-14-16-11-6-3-4-7-12(11)18-14/h3-4,6-7,10H,5,8-9H2,1-2H3,(H,15,17). The minimum atomic E-state index is 0.131. The van der Waals surface area contributed by atoms with Crippen LogP contribution in [0.25, 0.3) is 10.2 Å². The summed E-state index contributed by atoms with van der Waals surface area (Å²) in [5.41, 5.74) is 1.06. The number of aryl methyl sites for hydroxylation is 1. The molecule has 1 N–H and O–H groups in total. The highest BCUT2D eigenvalue weighted by Gasteiger charge is 2.06. The van der Waals surface area contributed by atoms with Crippen molar-refractivity contribution in [2.24, 2.45) is 0 Å². The summed E-state index contributed by atoms with van der Waals surface area (Å²) in [5, 5.41) is 4.02. The van der Waals surface area contributed by atoms with Gasteiger partial charge in [0.15, 0.2) is 0 Å². The number of nitrogens with zero attached hydrogens (tertiary/aromatic N) is 1. The molecule has 3 nitrogen and oxygen atoms in total. The molecule has 0 atom stereocenters. The first-order valence-electron chi connectivity index (χ1n) is 6.29. The van der Waals surface area contributed by atoms with Crippen molar-refractivity contribution < 1.29 is 4.79 Å². The van der Waals surface area contributed by atoms with Gasteiger partial charge in [-0.2, -0.15) is 0 Å². The van der Waals surface area contributed by atoms with E-state index in [0.29, 0.717) is 6.42 Å². The first kappa shape index (κ1) is 13.0. The summed E-state index contributed by atoms with van der Waals surface area (Å²) >= 11 is 1.72. The summed E-state index contributed by atoms with van der Waals surface area (Å²) in [6, 6.07) is 8.37. The summed E-state index contributed by atoms with van der Waals surface area (Å²) in [7, 11) is 0. The zero-order valence-electron chi connectivity index (χ0n) is 10.8. The van der Waals surface area contributed by atoms with Gasteiger partial charge in [0.2, 0.25) is 5.91 Å². The second-order valence-electron chi connectivity index (χ2n) is 4.65. The fourth-order valence-electron chi connectivity index (χ4n) is 1.82. The van der Waals surface area contributed by atoms with Crippen LogP contribution in [0.3, 0.4) is 0 Å². The zero-order chi connectivity index (χ0) is 13.0. The molecule has 1 aromatic carbocycles. The van der Waals surface area contributed by atoms with E-state index in [-0.39, 0.29) is 11.9 Å². The first-order valence-corrected chi connectivity index (χ1v) is 7.10. The van der Waals surface area contributed by atoms with Crippen LogP contribution in [0.5, 0.6) is 0 Å². The Bertz CT molecular complexity index is 500. The monoisotopic (exact) mass is 262 g/mol. The molecule has 0 saturated heterocycles. The number of nitrogens with one attached hydrogen (secondary N) is 1. The number of fused-ring (bicyclic) bond motifs is 1. The Morgan fingerprint density at radius 1 is 1.39 bits per heavy atom. The van der Waals surface area contributed by atoms with E-state index < -0.39 is 0 Å². The number of thiazole rings is 1. The van der Waals surface area contributed by atoms with E-state index >= 15 is 0 Å². The van der Waals surface area contributed by atoms with Gasteiger partial charge < -0.3 is 5.32 Å². The minimum Gasteiger partial charge on any atom is -0.354 e. The molecule has 1 heterocycles. The van der Waals surface area contributed by atoms with Crippen LogP contribution < -0.4 is 5.32 Å². The van der Waals surface area contributed by atoms with Gasteiger partial charge >= 0.3 is 0 Å². The Hall–Kier alpha value is -1.42. The van der Waals surface area contributed by atoms with Gasteiger partial charge in [-0.15, -0.1) is 11.3 Å². The Balaban J connectivity index is 1.85. The fourth-order valence-corrected chi connectivity index (χ4v) is 2.83. The molecule has 18 heavy (non-hydrogen) atoms. The van der Waals surface area contributed by atoms with Gasteiger partial charge in [-0.25, -0.2) is 4.98 Å². The van der Waals surface area contributed by atoms with Gasteiger partial charge in [-0.3, -0.25) is 4.79 Å². The molecule has 0 aliphatic rings. The summed E-state index contributed by atoms with van der Waals surface area (Å²) in [4.78, 5) is 16.0. The lowest BCUT2D eigenvalue weighted by Gasteiger charge is -2.07. The number of rotatable bonds is 5. The van der Waals surface area contributed by atoms with E-state index in [0.717, 1.165) is 23.4 Å². The molecule has 0 radical (unpaired) electrons. The Labute approximate surface area is 111 Å². The third-order valence-electron chi connectivity index (χ3n) is 2.58. The average molecular weight is 262 g/mol. The fraction of sp³-hybridized carbons (Fsp3) is 0.429. The maximum Gasteiger partial charge on any atom is 0.220 e. The number of hydrogen-bond donors (Lipinski definition) is 1. The third kappa shape index (κ3) is 3.53. The van der Waals surface area contributed by atoms with E-state index in [1.54, 1.807) is 11.3 Å². The van der Waals surface area contributed by atoms with E-state index in [4.69, 9.17) is 0 Å². The molecule has 1 amide bonds. The lowest BCUT2D eigenvalue weighted by atomic mass is 10.2. The second kappa shape index (κ2) is 5.96. The summed E-state index contributed by atoms with van der Waals surface area (Å²) < 4.78 is 1.22. The number of para-hydroxylation sites is 1. The largest absolute Gasteiger partial charge is 0.354 e. The molecule has 0 aliphatic heterocycles. The normalized spacial score (nSPS) is 11.1. The van der Waals surface area contributed by atoms with Crippen LogP contribution in [0.1, 0.15) is 31.7 Å². The van der Waals surface area contributed by atoms with Crippen LogP contribution in [0.2, 0.25) is 0 Å². The maximum absolute atomic E-state index is 11.5. The minimum absolute atomic E-state index is 0.131. The van der Waals surface area contributed by atoms with E-state index in [2.05, 4.69) is 16.4 Å². The molecule has 2 rings (SSSR count). The summed E-state index contributed by atoms with van der Waals surface area (Å²) in [5.74, 6) is 0.131. The van der Waals surface area contributed by atoms with Crippen molar-refractivity contribution in [2.45, 2.75) is 39.2 Å². The van der Waals surface area contributed by atoms with Crippen LogP contribution in [0.4, 0.5) is 0 Å². The lowest BCUT2D eigenvalue weighted by molar-refractivity contribution is -0.121. The van der Waals surface area contributed by atoms with Gasteiger partial charge in [0.25, 0.3) is 0 Å². The van der Waals surface area contributed by atoms with Crippen molar-refractivity contribution in [3.63, 3.8) is 0 Å². The van der Waals surface area contributed by atoms with Crippen molar-refractivity contribution >= 4 is 27.5 Å². The second-order valence-corrected chi connectivity index (χ2v) is 5.77. The molecule has 1 aromatic heterocycles. The van der Waals surface area contributed by atoms with Crippen molar-refractivity contribution in [1.29, 1.82) is 0 Å². The molecule has 0 spiro atoms. The van der Waals surface area contributed by atoms with Gasteiger partial charge in [0.1, 0.15) is 0 Å². The molecule has 0 bridgehead atoms. The van der Waals surface area contributed by atoms with Crippen LogP contribution in [0.15, 0.2) is 24.3 Å². The van der Waals surface area contributed by atoms with Crippen molar-refractivity contribution in [1.82, 2.24) is 10.3 Å². The van der Waals surface area contributed by atoms with E-state index in [1.807, 2.05) is 32.0 Å². The van der Waals surface area contributed by atoms with Crippen molar-refractivity contribution in [2.75, 3.05) is 0 Å². The van der Waals surface area contributed by atoms with Crippen LogP contribution >= 0.6 is 11.3 Å². The maximum atomic E-state index is 11.5. The average Bonchev–Trinajstić information content (AvgIpc) is 2.70. The first-order chi connectivity index (χ1) is 8.65. The number of carbonyl (C=O) groups excluding carboxylic acids is 1. The zero-order valence-corrected chi connectivity index (χ0v) is 11.6. The smallest absolute Gasteiger partial charge is 0.220 e. The highest BCUT2D eigenvalue weighted by atomic mass is 32.1. The Morgan fingerprint density at radius 3 is 2.89 bits per heavy atom. The van der Waals surface area contributed by atoms with E-state index in [1.165, 1.54) is 4.70 Å². The van der Waals surface area contributed by atoms with Crippen molar-refractivity contribution in [3.05, 3.63) is 29.3 Å². The van der Waals surface area contributed by atoms with Gasteiger partial charge in [-0.05, 0) is 38.8 Å². The van der Waals surface area contributed by atoms with Crippen LogP contribution in [-0.4, -0.2) is 16.9 Å². The Morgan fingerprint density at radius 2 is 2.17 bits per heavy atom. The number of aromatic nitrogens is 1. The highest BCUT2D eigenvalue weighted by molar-refractivity contribution is 7.18. The molecule has 0 fully saturated rings. The van der Waals surface area contributed by atoms with Gasteiger partial charge in [0.05, 0.1) is 15.2 Å². The van der Waals surface area contributed by atoms with Gasteiger partial charge in [-0.1, -0.05) is 12.1 Å². The molecule has 4 heteroatoms. The Kier molecular flexibility index (Phi) is 4.31. The molecule has 0 saturated carbocycles. The number of amides is 1. The summed E-state index contributed by atoms with van der Waals surface area (Å²) in [6.07, 6.45) is 2.32. The van der Waals surface area contributed by atoms with Crippen LogP contribution in [0, 0.1) is 0 Å². The molecular weight excluding hydrogens is 244 g/mol. The number of benzene rings is 1. The SMILES string of the molecule is CC(C)NC(=O)CCCc1nc2ccccc2s1. The van der Waals surface area contributed by atoms with Crippen LogP contribution in [-0.2, 0) is 11.2 Å². The number of carbonyl (C=O) groups is 1. The summed E-state index contributed by atoms with van der Waals surface area (Å²) in [6.45, 7) is 3.96. The molecule has 0 aliphatic carbocycles. The van der Waals surface area contributed by atoms with Crippen molar-refractivity contribution in [3.8, 4) is 0 Å². The topological polar surface area (TPSA) is 42.0 Å². The van der Waals surface area contributed by atoms with Gasteiger partial charge in [0, 0.05) is 12.5 Å². The third-order valence-corrected chi connectivity index (χ3v) is 3.68.